The Labute approximate surface area is 94.4 Å². The molecule has 0 bridgehead atoms. The number of aromatic nitrogens is 1. The highest BCUT2D eigenvalue weighted by atomic mass is 79.9. The summed E-state index contributed by atoms with van der Waals surface area (Å²) < 4.78 is 61.0. The van der Waals surface area contributed by atoms with Gasteiger partial charge in [-0.25, -0.2) is 13.8 Å². The van der Waals surface area contributed by atoms with Crippen molar-refractivity contribution in [1.82, 2.24) is 4.98 Å². The molecule has 1 aromatic heterocycles. The lowest BCUT2D eigenvalue weighted by Gasteiger charge is -2.12. The molecule has 1 rings (SSSR count). The fourth-order valence-corrected chi connectivity index (χ4v) is 1.33. The maximum Gasteiger partial charge on any atom is 0.433 e. The van der Waals surface area contributed by atoms with Crippen LogP contribution in [0.2, 0.25) is 5.02 Å². The van der Waals surface area contributed by atoms with Crippen LogP contribution < -0.4 is 0 Å². The second kappa shape index (κ2) is 4.21. The Hall–Kier alpha value is -0.430. The normalized spacial score (nSPS) is 12.3. The van der Waals surface area contributed by atoms with Gasteiger partial charge < -0.3 is 0 Å². The summed E-state index contributed by atoms with van der Waals surface area (Å²) in [6, 6.07) is 0.548. The third kappa shape index (κ3) is 2.78. The van der Waals surface area contributed by atoms with Crippen molar-refractivity contribution >= 4 is 27.5 Å². The minimum absolute atomic E-state index is 0.293. The van der Waals surface area contributed by atoms with E-state index in [0.29, 0.717) is 6.07 Å². The van der Waals surface area contributed by atoms with Crippen molar-refractivity contribution in [2.75, 3.05) is 0 Å². The van der Waals surface area contributed by atoms with E-state index in [-0.39, 0.29) is 9.63 Å². The van der Waals surface area contributed by atoms with Crippen molar-refractivity contribution in [1.29, 1.82) is 0 Å². The van der Waals surface area contributed by atoms with Crippen LogP contribution in [0.15, 0.2) is 10.7 Å². The number of halogens is 7. The molecule has 0 aliphatic rings. The van der Waals surface area contributed by atoms with Gasteiger partial charge in [-0.2, -0.15) is 13.2 Å². The molecule has 0 atom stereocenters. The second-order valence-electron chi connectivity index (χ2n) is 2.50. The molecule has 8 heteroatoms. The maximum absolute atomic E-state index is 12.3. The largest absolute Gasteiger partial charge is 0.433 e. The molecular weight excluding hydrogens is 308 g/mol. The third-order valence-corrected chi connectivity index (χ3v) is 2.59. The first-order valence-electron chi connectivity index (χ1n) is 3.44. The monoisotopic (exact) mass is 309 g/mol. The summed E-state index contributed by atoms with van der Waals surface area (Å²) in [5, 5.41) is -0.293. The lowest BCUT2D eigenvalue weighted by Crippen LogP contribution is -2.12. The maximum atomic E-state index is 12.3. The van der Waals surface area contributed by atoms with Crippen LogP contribution in [0.5, 0.6) is 0 Å². The molecule has 0 spiro atoms. The molecule has 1 nitrogen and oxygen atoms in total. The molecule has 0 aliphatic carbocycles. The summed E-state index contributed by atoms with van der Waals surface area (Å²) in [5.74, 6) is 0. The van der Waals surface area contributed by atoms with Crippen LogP contribution in [0, 0.1) is 0 Å². The number of alkyl halides is 5. The van der Waals surface area contributed by atoms with Crippen molar-refractivity contribution in [3.05, 3.63) is 26.9 Å². The first-order chi connectivity index (χ1) is 6.73. The van der Waals surface area contributed by atoms with Crippen molar-refractivity contribution in [3.63, 3.8) is 0 Å². The smallest absolute Gasteiger partial charge is 0.234 e. The average Bonchev–Trinajstić information content (AvgIpc) is 2.06. The fourth-order valence-electron chi connectivity index (χ4n) is 0.874. The first kappa shape index (κ1) is 12.6. The minimum Gasteiger partial charge on any atom is -0.234 e. The molecule has 0 aliphatic heterocycles. The first-order valence-corrected chi connectivity index (χ1v) is 4.62. The van der Waals surface area contributed by atoms with Gasteiger partial charge in [-0.3, -0.25) is 0 Å². The summed E-state index contributed by atoms with van der Waals surface area (Å²) in [7, 11) is 0. The van der Waals surface area contributed by atoms with Crippen molar-refractivity contribution in [2.24, 2.45) is 0 Å². The number of pyridine rings is 1. The van der Waals surface area contributed by atoms with Crippen LogP contribution in [0.25, 0.3) is 0 Å². The van der Waals surface area contributed by atoms with Gasteiger partial charge in [0.2, 0.25) is 0 Å². The van der Waals surface area contributed by atoms with E-state index in [2.05, 4.69) is 20.9 Å². The highest BCUT2D eigenvalue weighted by molar-refractivity contribution is 9.10. The molecule has 15 heavy (non-hydrogen) atoms. The Balaban J connectivity index is 3.42. The molecule has 0 saturated carbocycles. The molecule has 0 fully saturated rings. The van der Waals surface area contributed by atoms with Gasteiger partial charge in [0.15, 0.2) is 5.69 Å². The molecule has 1 heterocycles. The van der Waals surface area contributed by atoms with E-state index in [1.165, 1.54) is 0 Å². The van der Waals surface area contributed by atoms with Crippen molar-refractivity contribution < 1.29 is 22.0 Å². The van der Waals surface area contributed by atoms with Crippen molar-refractivity contribution in [2.45, 2.75) is 12.6 Å². The predicted octanol–water partition coefficient (Wildman–Crippen LogP) is 4.45. The SMILES string of the molecule is FC(F)c1cc(Cl)c(Br)nc1C(F)(F)F. The third-order valence-electron chi connectivity index (χ3n) is 1.47. The number of hydrogen-bond donors (Lipinski definition) is 0. The zero-order chi connectivity index (χ0) is 11.8. The quantitative estimate of drug-likeness (QED) is 0.551. The van der Waals surface area contributed by atoms with Gasteiger partial charge in [0, 0.05) is 0 Å². The average molecular weight is 310 g/mol. The van der Waals surface area contributed by atoms with E-state index >= 15 is 0 Å². The fraction of sp³-hybridized carbons (Fsp3) is 0.286. The molecule has 0 radical (unpaired) electrons. The molecule has 0 aromatic carbocycles. The zero-order valence-electron chi connectivity index (χ0n) is 6.75. The van der Waals surface area contributed by atoms with Crippen LogP contribution in [0.4, 0.5) is 22.0 Å². The lowest BCUT2D eigenvalue weighted by atomic mass is 10.2. The molecule has 0 N–H and O–H groups in total. The number of hydrogen-bond acceptors (Lipinski definition) is 1. The highest BCUT2D eigenvalue weighted by Crippen LogP contribution is 2.38. The highest BCUT2D eigenvalue weighted by Gasteiger charge is 2.38. The van der Waals surface area contributed by atoms with E-state index in [4.69, 9.17) is 11.6 Å². The summed E-state index contributed by atoms with van der Waals surface area (Å²) in [4.78, 5) is 2.94. The molecule has 0 amide bonds. The summed E-state index contributed by atoms with van der Waals surface area (Å²) in [6.45, 7) is 0. The van der Waals surface area contributed by atoms with Crippen LogP contribution >= 0.6 is 27.5 Å². The van der Waals surface area contributed by atoms with Crippen LogP contribution in [-0.2, 0) is 6.18 Å². The van der Waals surface area contributed by atoms with E-state index in [1.54, 1.807) is 0 Å². The van der Waals surface area contributed by atoms with Gasteiger partial charge in [-0.1, -0.05) is 11.6 Å². The van der Waals surface area contributed by atoms with Crippen LogP contribution in [-0.4, -0.2) is 4.98 Å². The number of nitrogens with zero attached hydrogens (tertiary/aromatic N) is 1. The summed E-state index contributed by atoms with van der Waals surface area (Å²) >= 11 is 8.00. The van der Waals surface area contributed by atoms with Gasteiger partial charge in [-0.15, -0.1) is 0 Å². The Morgan fingerprint density at radius 3 is 2.27 bits per heavy atom. The zero-order valence-corrected chi connectivity index (χ0v) is 9.09. The van der Waals surface area contributed by atoms with E-state index in [9.17, 15) is 22.0 Å². The second-order valence-corrected chi connectivity index (χ2v) is 3.66. The van der Waals surface area contributed by atoms with E-state index < -0.39 is 23.9 Å². The minimum atomic E-state index is -4.93. The van der Waals surface area contributed by atoms with Crippen LogP contribution in [0.1, 0.15) is 17.7 Å². The standard InChI is InChI=1S/C7H2BrClF5N/c8-5-3(9)1-2(6(10)11)4(15-5)7(12,13)14/h1,6H. The molecular formula is C7H2BrClF5N. The Morgan fingerprint density at radius 1 is 1.33 bits per heavy atom. The van der Waals surface area contributed by atoms with Crippen molar-refractivity contribution in [3.8, 4) is 0 Å². The van der Waals surface area contributed by atoms with E-state index in [1.807, 2.05) is 0 Å². The van der Waals surface area contributed by atoms with Gasteiger partial charge in [0.1, 0.15) is 4.60 Å². The molecule has 0 saturated heterocycles. The van der Waals surface area contributed by atoms with Gasteiger partial charge in [0.25, 0.3) is 6.43 Å². The van der Waals surface area contributed by atoms with Crippen LogP contribution in [0.3, 0.4) is 0 Å². The Bertz CT molecular complexity index is 378. The molecule has 0 unspecified atom stereocenters. The molecule has 1 aromatic rings. The topological polar surface area (TPSA) is 12.9 Å². The Morgan fingerprint density at radius 2 is 1.87 bits per heavy atom. The van der Waals surface area contributed by atoms with Gasteiger partial charge in [0.05, 0.1) is 10.6 Å². The van der Waals surface area contributed by atoms with E-state index in [0.717, 1.165) is 0 Å². The van der Waals surface area contributed by atoms with Gasteiger partial charge >= 0.3 is 6.18 Å². The lowest BCUT2D eigenvalue weighted by molar-refractivity contribution is -0.143. The summed E-state index contributed by atoms with van der Waals surface area (Å²) in [5.41, 5.74) is -2.86. The Kier molecular flexibility index (Phi) is 3.55. The number of rotatable bonds is 1. The predicted molar refractivity (Wildman–Crippen MR) is 46.9 cm³/mol. The summed E-state index contributed by atoms with van der Waals surface area (Å²) in [6.07, 6.45) is -8.21. The van der Waals surface area contributed by atoms with Gasteiger partial charge in [-0.05, 0) is 22.0 Å². The molecule has 84 valence electrons.